The Bertz CT molecular complexity index is 222. The minimum absolute atomic E-state index is 0.00787. The van der Waals surface area contributed by atoms with Crippen molar-refractivity contribution in [3.05, 3.63) is 0 Å². The Morgan fingerprint density at radius 3 is 2.38 bits per heavy atom. The van der Waals surface area contributed by atoms with E-state index in [0.29, 0.717) is 12.0 Å². The lowest BCUT2D eigenvalue weighted by Crippen LogP contribution is -2.45. The summed E-state index contributed by atoms with van der Waals surface area (Å²) < 4.78 is 6.17. The Labute approximate surface area is 105 Å². The van der Waals surface area contributed by atoms with Crippen molar-refractivity contribution in [1.82, 2.24) is 5.32 Å². The normalized spacial score (nSPS) is 29.2. The largest absolute Gasteiger partial charge is 0.369 e. The van der Waals surface area contributed by atoms with Gasteiger partial charge < -0.3 is 10.1 Å². The van der Waals surface area contributed by atoms with E-state index in [-0.39, 0.29) is 11.2 Å². The van der Waals surface area contributed by atoms with Crippen LogP contribution in [0.15, 0.2) is 0 Å². The zero-order valence-electron chi connectivity index (χ0n) is 11.6. The molecule has 0 aliphatic carbocycles. The van der Waals surface area contributed by atoms with Crippen molar-refractivity contribution < 1.29 is 4.74 Å². The van der Waals surface area contributed by atoms with Crippen LogP contribution in [0.3, 0.4) is 0 Å². The topological polar surface area (TPSA) is 21.3 Å². The summed E-state index contributed by atoms with van der Waals surface area (Å²) in [5.41, 5.74) is 0.0202. The molecular formula is C13H27NOS. The van der Waals surface area contributed by atoms with Crippen LogP contribution in [0, 0.1) is 5.92 Å². The molecule has 0 aromatic heterocycles. The van der Waals surface area contributed by atoms with E-state index in [1.54, 1.807) is 0 Å². The number of nitrogens with one attached hydrogen (secondary N) is 1. The highest BCUT2D eigenvalue weighted by atomic mass is 32.2. The summed E-state index contributed by atoms with van der Waals surface area (Å²) in [6.45, 7) is 12.1. The van der Waals surface area contributed by atoms with Gasteiger partial charge in [0.05, 0.1) is 11.2 Å². The molecule has 1 heterocycles. The second kappa shape index (κ2) is 5.28. The highest BCUT2D eigenvalue weighted by Gasteiger charge is 2.48. The summed E-state index contributed by atoms with van der Waals surface area (Å²) in [5.74, 6) is 1.77. The van der Waals surface area contributed by atoms with Gasteiger partial charge in [0.1, 0.15) is 0 Å². The minimum Gasteiger partial charge on any atom is -0.369 e. The summed E-state index contributed by atoms with van der Waals surface area (Å²) in [6, 6.07) is 0.566. The van der Waals surface area contributed by atoms with Crippen LogP contribution in [0.4, 0.5) is 0 Å². The molecule has 96 valence electrons. The van der Waals surface area contributed by atoms with E-state index in [4.69, 9.17) is 4.74 Å². The van der Waals surface area contributed by atoms with Gasteiger partial charge in [-0.1, -0.05) is 6.92 Å². The fourth-order valence-electron chi connectivity index (χ4n) is 2.99. The number of thioether (sulfide) groups is 1. The molecule has 0 bridgehead atoms. The van der Waals surface area contributed by atoms with Crippen molar-refractivity contribution in [3.63, 3.8) is 0 Å². The van der Waals surface area contributed by atoms with Crippen molar-refractivity contribution in [1.29, 1.82) is 0 Å². The fourth-order valence-corrected chi connectivity index (χ4v) is 3.70. The molecule has 0 aromatic carbocycles. The van der Waals surface area contributed by atoms with Gasteiger partial charge in [0.2, 0.25) is 0 Å². The standard InChI is InChI=1S/C13H27NOS/c1-7-14-11(9-16-6)10-8-12(2,3)15-13(10,4)5/h10-11,14H,7-9H2,1-6H3. The highest BCUT2D eigenvalue weighted by Crippen LogP contribution is 2.43. The summed E-state index contributed by atoms with van der Waals surface area (Å²) in [5, 5.41) is 3.62. The smallest absolute Gasteiger partial charge is 0.0678 e. The number of hydrogen-bond donors (Lipinski definition) is 1. The third kappa shape index (κ3) is 3.38. The van der Waals surface area contributed by atoms with Gasteiger partial charge in [-0.05, 0) is 46.9 Å². The minimum atomic E-state index is -0.00787. The van der Waals surface area contributed by atoms with Crippen molar-refractivity contribution in [2.24, 2.45) is 5.92 Å². The van der Waals surface area contributed by atoms with Gasteiger partial charge in [0.25, 0.3) is 0 Å². The highest BCUT2D eigenvalue weighted by molar-refractivity contribution is 7.98. The van der Waals surface area contributed by atoms with Gasteiger partial charge in [-0.2, -0.15) is 11.8 Å². The van der Waals surface area contributed by atoms with Crippen LogP contribution >= 0.6 is 11.8 Å². The van der Waals surface area contributed by atoms with Crippen LogP contribution < -0.4 is 5.32 Å². The molecule has 1 aliphatic heterocycles. The van der Waals surface area contributed by atoms with E-state index in [1.165, 1.54) is 5.75 Å². The van der Waals surface area contributed by atoms with Crippen molar-refractivity contribution in [3.8, 4) is 0 Å². The summed E-state index contributed by atoms with van der Waals surface area (Å²) in [7, 11) is 0. The quantitative estimate of drug-likeness (QED) is 0.805. The molecule has 1 N–H and O–H groups in total. The number of hydrogen-bond acceptors (Lipinski definition) is 3. The lowest BCUT2D eigenvalue weighted by molar-refractivity contribution is -0.0769. The predicted octanol–water partition coefficient (Wildman–Crippen LogP) is 2.92. The molecule has 0 spiro atoms. The molecule has 1 aliphatic rings. The van der Waals surface area contributed by atoms with Crippen LogP contribution in [0.5, 0.6) is 0 Å². The molecule has 0 saturated carbocycles. The van der Waals surface area contributed by atoms with E-state index in [1.807, 2.05) is 11.8 Å². The molecule has 16 heavy (non-hydrogen) atoms. The first-order valence-electron chi connectivity index (χ1n) is 6.25. The van der Waals surface area contributed by atoms with Crippen LogP contribution in [0.2, 0.25) is 0 Å². The van der Waals surface area contributed by atoms with Gasteiger partial charge in [-0.3, -0.25) is 0 Å². The molecule has 2 unspecified atom stereocenters. The van der Waals surface area contributed by atoms with E-state index in [9.17, 15) is 0 Å². The van der Waals surface area contributed by atoms with E-state index in [2.05, 4.69) is 46.2 Å². The monoisotopic (exact) mass is 245 g/mol. The molecule has 1 saturated heterocycles. The van der Waals surface area contributed by atoms with Gasteiger partial charge >= 0.3 is 0 Å². The van der Waals surface area contributed by atoms with Crippen LogP contribution in [0.1, 0.15) is 41.0 Å². The van der Waals surface area contributed by atoms with Crippen molar-refractivity contribution >= 4 is 11.8 Å². The molecule has 1 rings (SSSR count). The molecular weight excluding hydrogens is 218 g/mol. The van der Waals surface area contributed by atoms with Gasteiger partial charge in [-0.25, -0.2) is 0 Å². The Morgan fingerprint density at radius 2 is 2.00 bits per heavy atom. The average Bonchev–Trinajstić information content (AvgIpc) is 2.34. The molecule has 0 amide bonds. The van der Waals surface area contributed by atoms with Crippen LogP contribution in [-0.2, 0) is 4.74 Å². The zero-order valence-corrected chi connectivity index (χ0v) is 12.4. The molecule has 0 aromatic rings. The Kier molecular flexibility index (Phi) is 4.73. The molecule has 1 fully saturated rings. The zero-order chi connectivity index (χ0) is 12.4. The maximum absolute atomic E-state index is 6.17. The maximum Gasteiger partial charge on any atom is 0.0678 e. The molecule has 2 atom stereocenters. The Morgan fingerprint density at radius 1 is 1.38 bits per heavy atom. The van der Waals surface area contributed by atoms with Crippen LogP contribution in [-0.4, -0.2) is 35.8 Å². The van der Waals surface area contributed by atoms with E-state index >= 15 is 0 Å². The summed E-state index contributed by atoms with van der Waals surface area (Å²) in [6.07, 6.45) is 3.33. The number of ether oxygens (including phenoxy) is 1. The van der Waals surface area contributed by atoms with E-state index in [0.717, 1.165) is 13.0 Å². The van der Waals surface area contributed by atoms with E-state index < -0.39 is 0 Å². The first-order chi connectivity index (χ1) is 7.32. The second-order valence-electron chi connectivity index (χ2n) is 5.90. The Hall–Kier alpha value is 0.270. The van der Waals surface area contributed by atoms with Crippen molar-refractivity contribution in [2.75, 3.05) is 18.6 Å². The third-order valence-corrected chi connectivity index (χ3v) is 4.13. The lowest BCUT2D eigenvalue weighted by atomic mass is 9.82. The predicted molar refractivity (Wildman–Crippen MR) is 73.2 cm³/mol. The van der Waals surface area contributed by atoms with Crippen LogP contribution in [0.25, 0.3) is 0 Å². The first kappa shape index (κ1) is 14.3. The lowest BCUT2D eigenvalue weighted by Gasteiger charge is -2.33. The summed E-state index contributed by atoms with van der Waals surface area (Å²) >= 11 is 1.92. The number of rotatable bonds is 5. The average molecular weight is 245 g/mol. The SMILES string of the molecule is CCNC(CSC)C1CC(C)(C)OC1(C)C. The molecule has 3 heteroatoms. The van der Waals surface area contributed by atoms with Gasteiger partial charge in [0, 0.05) is 17.7 Å². The van der Waals surface area contributed by atoms with Crippen molar-refractivity contribution in [2.45, 2.75) is 58.3 Å². The molecule has 2 nitrogen and oxygen atoms in total. The maximum atomic E-state index is 6.17. The first-order valence-corrected chi connectivity index (χ1v) is 7.64. The Balaban J connectivity index is 2.75. The summed E-state index contributed by atoms with van der Waals surface area (Å²) in [4.78, 5) is 0. The third-order valence-electron chi connectivity index (χ3n) is 3.44. The van der Waals surface area contributed by atoms with Gasteiger partial charge in [-0.15, -0.1) is 0 Å². The fraction of sp³-hybridized carbons (Fsp3) is 1.00. The van der Waals surface area contributed by atoms with Gasteiger partial charge in [0.15, 0.2) is 0 Å². The molecule has 0 radical (unpaired) electrons. The second-order valence-corrected chi connectivity index (χ2v) is 6.81.